The number of hydrogen-bond acceptors (Lipinski definition) is 3. The minimum atomic E-state index is -2.75. The molecule has 2 unspecified atom stereocenters. The Kier molecular flexibility index (Phi) is 4.30. The zero-order valence-electron chi connectivity index (χ0n) is 14.4. The third kappa shape index (κ3) is 3.58. The van der Waals surface area contributed by atoms with Crippen molar-refractivity contribution in [2.45, 2.75) is 63.8 Å². The van der Waals surface area contributed by atoms with Crippen LogP contribution in [0.4, 0.5) is 4.79 Å². The van der Waals surface area contributed by atoms with Gasteiger partial charge in [-0.2, -0.15) is 0 Å². The number of rotatable bonds is 4. The topological polar surface area (TPSA) is 75.3 Å². The molecule has 3 aliphatic carbocycles. The third-order valence-corrected chi connectivity index (χ3v) is 9.05. The first kappa shape index (κ1) is 16.7. The van der Waals surface area contributed by atoms with Crippen molar-refractivity contribution in [3.8, 4) is 0 Å². The molecule has 0 bridgehead atoms. The Balaban J connectivity index is 1.13. The number of carbonyl (C=O) groups is 1. The van der Waals surface area contributed by atoms with Crippen molar-refractivity contribution < 1.29 is 13.2 Å². The maximum atomic E-state index is 12.1. The summed E-state index contributed by atoms with van der Waals surface area (Å²) < 4.78 is 22.8. The molecule has 0 aromatic carbocycles. The largest absolute Gasteiger partial charge is 0.338 e. The van der Waals surface area contributed by atoms with Crippen molar-refractivity contribution in [3.05, 3.63) is 0 Å². The quantitative estimate of drug-likeness (QED) is 0.814. The van der Waals surface area contributed by atoms with Crippen LogP contribution in [0.15, 0.2) is 0 Å². The first-order chi connectivity index (χ1) is 11.4. The molecule has 2 atom stereocenters. The van der Waals surface area contributed by atoms with Gasteiger partial charge in [-0.15, -0.1) is 0 Å². The van der Waals surface area contributed by atoms with Gasteiger partial charge in [0.15, 0.2) is 9.84 Å². The van der Waals surface area contributed by atoms with E-state index < -0.39 is 9.84 Å². The summed E-state index contributed by atoms with van der Waals surface area (Å²) in [6.45, 7) is 0.821. The minimum absolute atomic E-state index is 0.0331. The van der Waals surface area contributed by atoms with Gasteiger partial charge in [0.1, 0.15) is 0 Å². The van der Waals surface area contributed by atoms with Gasteiger partial charge in [-0.1, -0.05) is 25.7 Å². The fourth-order valence-corrected chi connectivity index (χ4v) is 7.84. The van der Waals surface area contributed by atoms with Crippen molar-refractivity contribution in [1.82, 2.24) is 10.6 Å². The lowest BCUT2D eigenvalue weighted by molar-refractivity contribution is 0.188. The summed E-state index contributed by atoms with van der Waals surface area (Å²) in [7, 11) is -2.75. The molecule has 3 saturated carbocycles. The fourth-order valence-electron chi connectivity index (χ4n) is 5.48. The van der Waals surface area contributed by atoms with Crippen LogP contribution in [-0.2, 0) is 9.84 Å². The fraction of sp³-hybridized carbons (Fsp3) is 0.944. The molecule has 2 amide bonds. The molecule has 4 fully saturated rings. The molecule has 0 aromatic rings. The normalized spacial score (nSPS) is 34.7. The molecule has 4 rings (SSSR count). The lowest BCUT2D eigenvalue weighted by Gasteiger charge is -2.46. The zero-order chi connectivity index (χ0) is 16.8. The molecule has 0 aromatic heterocycles. The summed E-state index contributed by atoms with van der Waals surface area (Å²) in [6.07, 6.45) is 10.6. The van der Waals surface area contributed by atoms with Gasteiger partial charge < -0.3 is 10.6 Å². The lowest BCUT2D eigenvalue weighted by Crippen LogP contribution is -2.53. The van der Waals surface area contributed by atoms with Crippen LogP contribution in [0.1, 0.15) is 57.8 Å². The number of hydrogen-bond donors (Lipinski definition) is 2. The Morgan fingerprint density at radius 2 is 1.71 bits per heavy atom. The molecular weight excluding hydrogens is 324 g/mol. The number of nitrogens with one attached hydrogen (secondary N) is 2. The number of amides is 2. The van der Waals surface area contributed by atoms with E-state index in [0.717, 1.165) is 44.1 Å². The molecular formula is C18H30N2O3S. The molecule has 5 nitrogen and oxygen atoms in total. The molecule has 1 aliphatic heterocycles. The first-order valence-corrected chi connectivity index (χ1v) is 11.5. The van der Waals surface area contributed by atoms with E-state index in [1.54, 1.807) is 0 Å². The van der Waals surface area contributed by atoms with E-state index in [0.29, 0.717) is 17.4 Å². The maximum absolute atomic E-state index is 12.1. The smallest absolute Gasteiger partial charge is 0.315 e. The van der Waals surface area contributed by atoms with Crippen molar-refractivity contribution in [2.24, 2.45) is 23.2 Å². The Morgan fingerprint density at radius 1 is 1.04 bits per heavy atom. The predicted octanol–water partition coefficient (Wildman–Crippen LogP) is 2.47. The first-order valence-electron chi connectivity index (χ1n) is 9.70. The Hall–Kier alpha value is -0.780. The van der Waals surface area contributed by atoms with Crippen LogP contribution in [0.3, 0.4) is 0 Å². The molecule has 24 heavy (non-hydrogen) atoms. The zero-order valence-corrected chi connectivity index (χ0v) is 15.2. The van der Waals surface area contributed by atoms with E-state index in [2.05, 4.69) is 10.6 Å². The van der Waals surface area contributed by atoms with Crippen LogP contribution >= 0.6 is 0 Å². The minimum Gasteiger partial charge on any atom is -0.338 e. The van der Waals surface area contributed by atoms with E-state index in [1.165, 1.54) is 32.1 Å². The molecule has 6 heteroatoms. The SMILES string of the molecule is O=C(NCC1CC1C1CCCC1)NC1CCC2(CC1)CS(=O)(=O)C2. The highest BCUT2D eigenvalue weighted by Gasteiger charge is 2.49. The monoisotopic (exact) mass is 354 g/mol. The highest BCUT2D eigenvalue weighted by atomic mass is 32.2. The third-order valence-electron chi connectivity index (χ3n) is 6.94. The summed E-state index contributed by atoms with van der Waals surface area (Å²) in [5.74, 6) is 3.22. The van der Waals surface area contributed by atoms with Gasteiger partial charge in [0.05, 0.1) is 11.5 Å². The highest BCUT2D eigenvalue weighted by molar-refractivity contribution is 7.92. The van der Waals surface area contributed by atoms with E-state index >= 15 is 0 Å². The Morgan fingerprint density at radius 3 is 2.33 bits per heavy atom. The lowest BCUT2D eigenvalue weighted by atomic mass is 9.74. The Labute approximate surface area is 145 Å². The van der Waals surface area contributed by atoms with Crippen LogP contribution in [0.25, 0.3) is 0 Å². The van der Waals surface area contributed by atoms with E-state index in [1.807, 2.05) is 0 Å². The molecule has 4 aliphatic rings. The van der Waals surface area contributed by atoms with Gasteiger partial charge in [-0.05, 0) is 55.3 Å². The van der Waals surface area contributed by atoms with Crippen molar-refractivity contribution in [3.63, 3.8) is 0 Å². The molecule has 1 saturated heterocycles. The average molecular weight is 355 g/mol. The van der Waals surface area contributed by atoms with Crippen LogP contribution in [0, 0.1) is 23.2 Å². The number of carbonyl (C=O) groups excluding carboxylic acids is 1. The molecule has 1 heterocycles. The van der Waals surface area contributed by atoms with E-state index in [4.69, 9.17) is 0 Å². The summed E-state index contributed by atoms with van der Waals surface area (Å²) in [5.41, 5.74) is 0.0377. The maximum Gasteiger partial charge on any atom is 0.315 e. The number of sulfone groups is 1. The van der Waals surface area contributed by atoms with Crippen LogP contribution < -0.4 is 10.6 Å². The van der Waals surface area contributed by atoms with Crippen molar-refractivity contribution >= 4 is 15.9 Å². The average Bonchev–Trinajstić information content (AvgIpc) is 3.07. The van der Waals surface area contributed by atoms with Gasteiger partial charge in [0.2, 0.25) is 0 Å². The van der Waals surface area contributed by atoms with Crippen LogP contribution in [0.5, 0.6) is 0 Å². The Bertz CT molecular complexity index is 575. The summed E-state index contributed by atoms with van der Waals surface area (Å²) in [5, 5.41) is 6.15. The highest BCUT2D eigenvalue weighted by Crippen LogP contribution is 2.49. The van der Waals surface area contributed by atoms with Gasteiger partial charge in [-0.25, -0.2) is 13.2 Å². The van der Waals surface area contributed by atoms with Crippen LogP contribution in [-0.4, -0.2) is 38.5 Å². The van der Waals surface area contributed by atoms with Crippen molar-refractivity contribution in [2.75, 3.05) is 18.1 Å². The molecule has 136 valence electrons. The second-order valence-corrected chi connectivity index (χ2v) is 10.9. The standard InChI is InChI=1S/C18H30N2O3S/c21-17(19-10-14-9-16(14)13-3-1-2-4-13)20-15-5-7-18(8-6-15)11-24(22,23)12-18/h13-16H,1-12H2,(H2,19,20,21). The van der Waals surface area contributed by atoms with Crippen molar-refractivity contribution in [1.29, 1.82) is 0 Å². The van der Waals surface area contributed by atoms with Gasteiger partial charge in [0.25, 0.3) is 0 Å². The summed E-state index contributed by atoms with van der Waals surface area (Å²) >= 11 is 0. The van der Waals surface area contributed by atoms with Gasteiger partial charge in [-0.3, -0.25) is 0 Å². The van der Waals surface area contributed by atoms with Gasteiger partial charge in [0, 0.05) is 12.6 Å². The summed E-state index contributed by atoms with van der Waals surface area (Å²) in [6, 6.07) is 0.179. The summed E-state index contributed by atoms with van der Waals surface area (Å²) in [4.78, 5) is 12.1. The molecule has 2 N–H and O–H groups in total. The van der Waals surface area contributed by atoms with Gasteiger partial charge >= 0.3 is 6.03 Å². The second kappa shape index (κ2) is 6.19. The number of urea groups is 1. The van der Waals surface area contributed by atoms with E-state index in [-0.39, 0.29) is 17.5 Å². The molecule has 0 radical (unpaired) electrons. The second-order valence-electron chi connectivity index (χ2n) is 8.87. The predicted molar refractivity (Wildman–Crippen MR) is 93.4 cm³/mol. The molecule has 1 spiro atoms. The van der Waals surface area contributed by atoms with E-state index in [9.17, 15) is 13.2 Å². The van der Waals surface area contributed by atoms with Crippen LogP contribution in [0.2, 0.25) is 0 Å².